The van der Waals surface area contributed by atoms with Crippen molar-refractivity contribution in [2.24, 2.45) is 0 Å². The summed E-state index contributed by atoms with van der Waals surface area (Å²) in [4.78, 5) is 0.210. The van der Waals surface area contributed by atoms with Gasteiger partial charge in [0.25, 0.3) is 0 Å². The lowest BCUT2D eigenvalue weighted by molar-refractivity contribution is 0.0486. The van der Waals surface area contributed by atoms with E-state index in [1.165, 1.54) is 4.31 Å². The summed E-state index contributed by atoms with van der Waals surface area (Å²) < 4.78 is 28.4. The van der Waals surface area contributed by atoms with Gasteiger partial charge in [0.2, 0.25) is 10.0 Å². The van der Waals surface area contributed by atoms with Gasteiger partial charge in [0.15, 0.2) is 0 Å². The summed E-state index contributed by atoms with van der Waals surface area (Å²) in [6.07, 6.45) is 0.363. The van der Waals surface area contributed by atoms with Crippen LogP contribution >= 0.6 is 0 Å². The second-order valence-corrected chi connectivity index (χ2v) is 10.9. The predicted octanol–water partition coefficient (Wildman–Crippen LogP) is 5.20. The van der Waals surface area contributed by atoms with E-state index in [-0.39, 0.29) is 18.0 Å². The Labute approximate surface area is 208 Å². The molecule has 0 saturated heterocycles. The van der Waals surface area contributed by atoms with Gasteiger partial charge in [-0.3, -0.25) is 0 Å². The third kappa shape index (κ3) is 5.16. The zero-order chi connectivity index (χ0) is 25.1. The Bertz CT molecular complexity index is 1410. The average Bonchev–Trinajstić information content (AvgIpc) is 2.85. The van der Waals surface area contributed by atoms with Gasteiger partial charge in [-0.25, -0.2) is 8.42 Å². The van der Waals surface area contributed by atoms with Gasteiger partial charge in [-0.15, -0.1) is 0 Å². The third-order valence-corrected chi connectivity index (χ3v) is 8.04. The zero-order valence-corrected chi connectivity index (χ0v) is 20.8. The fraction of sp³-hybridized carbons (Fsp3) is 0.200. The maximum atomic E-state index is 13.5. The van der Waals surface area contributed by atoms with Gasteiger partial charge >= 0.3 is 0 Å². The van der Waals surface area contributed by atoms with Gasteiger partial charge in [0.05, 0.1) is 11.4 Å². The minimum absolute atomic E-state index is 0.106. The highest BCUT2D eigenvalue weighted by Gasteiger charge is 2.44. The number of hydrogen-bond donors (Lipinski definition) is 1. The molecule has 4 nitrogen and oxygen atoms in total. The molecule has 4 rings (SSSR count). The molecule has 0 saturated carbocycles. The standard InChI is InChI=1S/C30H29NO3S/c1-23-17-19-28(20-18-23)35(33,34)31-21-25(3)29(30(32,22-31)27-15-8-5-9-16-27)24(2)11-10-14-26-12-6-4-7-13-26/h4-9,12-13,15-20,32H,2,11,21-22H2,1,3H3/t30-/m0/s1. The molecule has 3 aromatic carbocycles. The molecule has 1 N–H and O–H groups in total. The largest absolute Gasteiger partial charge is 0.379 e. The van der Waals surface area contributed by atoms with Crippen molar-refractivity contribution in [3.63, 3.8) is 0 Å². The number of sulfonamides is 1. The summed E-state index contributed by atoms with van der Waals surface area (Å²) in [6.45, 7) is 8.08. The summed E-state index contributed by atoms with van der Waals surface area (Å²) in [5, 5.41) is 12.1. The van der Waals surface area contributed by atoms with Crippen LogP contribution in [0, 0.1) is 18.8 Å². The van der Waals surface area contributed by atoms with Crippen molar-refractivity contribution in [3.05, 3.63) is 125 Å². The molecule has 178 valence electrons. The fourth-order valence-electron chi connectivity index (χ4n) is 4.52. The Morgan fingerprint density at radius 2 is 1.57 bits per heavy atom. The number of aliphatic hydroxyl groups is 1. The van der Waals surface area contributed by atoms with Crippen molar-refractivity contribution < 1.29 is 13.5 Å². The number of benzene rings is 3. The quantitative estimate of drug-likeness (QED) is 0.508. The van der Waals surface area contributed by atoms with E-state index in [1.807, 2.05) is 74.5 Å². The number of β-amino-alcohol motifs (C(OH)–C–C–N with tert-alkyl or cyclic N) is 1. The minimum atomic E-state index is -3.81. The van der Waals surface area contributed by atoms with Crippen LogP contribution in [-0.4, -0.2) is 30.9 Å². The van der Waals surface area contributed by atoms with E-state index < -0.39 is 15.6 Å². The summed E-state index contributed by atoms with van der Waals surface area (Å²) in [6, 6.07) is 25.6. The minimum Gasteiger partial charge on any atom is -0.379 e. The Morgan fingerprint density at radius 1 is 0.971 bits per heavy atom. The smallest absolute Gasteiger partial charge is 0.243 e. The number of hydrogen-bond acceptors (Lipinski definition) is 3. The molecule has 0 spiro atoms. The molecule has 0 aromatic heterocycles. The lowest BCUT2D eigenvalue weighted by Gasteiger charge is -2.42. The molecule has 1 aliphatic rings. The van der Waals surface area contributed by atoms with Crippen molar-refractivity contribution in [2.45, 2.75) is 30.8 Å². The first-order chi connectivity index (χ1) is 16.7. The highest BCUT2D eigenvalue weighted by molar-refractivity contribution is 7.89. The summed E-state index contributed by atoms with van der Waals surface area (Å²) in [5.41, 5.74) is 3.05. The van der Waals surface area contributed by atoms with Crippen LogP contribution in [0.3, 0.4) is 0 Å². The van der Waals surface area contributed by atoms with Crippen molar-refractivity contribution >= 4 is 10.0 Å². The van der Waals surface area contributed by atoms with Crippen LogP contribution in [0.15, 0.2) is 113 Å². The number of rotatable bonds is 5. The molecule has 0 amide bonds. The molecule has 1 atom stereocenters. The summed E-state index contributed by atoms with van der Waals surface area (Å²) >= 11 is 0. The lowest BCUT2D eigenvalue weighted by atomic mass is 9.77. The van der Waals surface area contributed by atoms with E-state index >= 15 is 0 Å². The van der Waals surface area contributed by atoms with Gasteiger partial charge in [-0.2, -0.15) is 4.31 Å². The Hall–Kier alpha value is -3.43. The van der Waals surface area contributed by atoms with E-state index in [9.17, 15) is 13.5 Å². The van der Waals surface area contributed by atoms with Gasteiger partial charge in [-0.1, -0.05) is 90.2 Å². The lowest BCUT2D eigenvalue weighted by Crippen LogP contribution is -2.50. The van der Waals surface area contributed by atoms with Crippen LogP contribution in [0.4, 0.5) is 0 Å². The fourth-order valence-corrected chi connectivity index (χ4v) is 6.02. The highest BCUT2D eigenvalue weighted by Crippen LogP contribution is 2.42. The number of aryl methyl sites for hydroxylation is 1. The van der Waals surface area contributed by atoms with Crippen molar-refractivity contribution in [2.75, 3.05) is 13.1 Å². The van der Waals surface area contributed by atoms with Crippen LogP contribution in [0.2, 0.25) is 0 Å². The molecule has 1 heterocycles. The maximum absolute atomic E-state index is 13.5. The monoisotopic (exact) mass is 483 g/mol. The molecule has 5 heteroatoms. The van der Waals surface area contributed by atoms with Crippen LogP contribution in [0.5, 0.6) is 0 Å². The van der Waals surface area contributed by atoms with Crippen molar-refractivity contribution in [3.8, 4) is 11.8 Å². The van der Waals surface area contributed by atoms with Crippen molar-refractivity contribution in [1.29, 1.82) is 0 Å². The Kier molecular flexibility index (Phi) is 7.09. The van der Waals surface area contributed by atoms with Crippen LogP contribution < -0.4 is 0 Å². The van der Waals surface area contributed by atoms with Crippen LogP contribution in [-0.2, 0) is 15.6 Å². The third-order valence-electron chi connectivity index (χ3n) is 6.23. The first-order valence-electron chi connectivity index (χ1n) is 11.5. The molecule has 0 aliphatic carbocycles. The molecule has 0 radical (unpaired) electrons. The van der Waals surface area contributed by atoms with E-state index in [4.69, 9.17) is 0 Å². The molecular formula is C30H29NO3S. The van der Waals surface area contributed by atoms with Crippen LogP contribution in [0.25, 0.3) is 0 Å². The second kappa shape index (κ2) is 10.1. The second-order valence-electron chi connectivity index (χ2n) is 8.92. The van der Waals surface area contributed by atoms with Crippen molar-refractivity contribution in [1.82, 2.24) is 4.31 Å². The van der Waals surface area contributed by atoms with Gasteiger partial charge < -0.3 is 5.11 Å². The highest BCUT2D eigenvalue weighted by atomic mass is 32.2. The van der Waals surface area contributed by atoms with E-state index in [2.05, 4.69) is 18.4 Å². The Morgan fingerprint density at radius 3 is 2.20 bits per heavy atom. The molecule has 0 fully saturated rings. The maximum Gasteiger partial charge on any atom is 0.243 e. The number of nitrogens with zero attached hydrogens (tertiary/aromatic N) is 1. The predicted molar refractivity (Wildman–Crippen MR) is 140 cm³/mol. The SMILES string of the molecule is C=C(CC#Cc1ccccc1)C1=C(C)CN(S(=O)(=O)c2ccc(C)cc2)C[C@]1(O)c1ccccc1. The summed E-state index contributed by atoms with van der Waals surface area (Å²) in [7, 11) is -3.81. The van der Waals surface area contributed by atoms with Gasteiger partial charge in [0.1, 0.15) is 5.60 Å². The van der Waals surface area contributed by atoms with Gasteiger partial charge in [0, 0.05) is 18.5 Å². The molecule has 0 bridgehead atoms. The molecule has 35 heavy (non-hydrogen) atoms. The first-order valence-corrected chi connectivity index (χ1v) is 12.9. The zero-order valence-electron chi connectivity index (χ0n) is 20.0. The van der Waals surface area contributed by atoms with E-state index in [1.54, 1.807) is 24.3 Å². The molecule has 0 unspecified atom stereocenters. The van der Waals surface area contributed by atoms with Crippen LogP contribution in [0.1, 0.15) is 30.0 Å². The topological polar surface area (TPSA) is 57.6 Å². The van der Waals surface area contributed by atoms with E-state index in [0.717, 1.165) is 16.7 Å². The first kappa shape index (κ1) is 24.7. The Balaban J connectivity index is 1.72. The van der Waals surface area contributed by atoms with Gasteiger partial charge in [-0.05, 0) is 54.8 Å². The normalized spacial score (nSPS) is 18.6. The molecule has 3 aromatic rings. The average molecular weight is 484 g/mol. The van der Waals surface area contributed by atoms with E-state index in [0.29, 0.717) is 23.1 Å². The summed E-state index contributed by atoms with van der Waals surface area (Å²) in [5.74, 6) is 6.29. The molecular weight excluding hydrogens is 454 g/mol. The molecule has 1 aliphatic heterocycles.